The van der Waals surface area contributed by atoms with Crippen LogP contribution in [0.15, 0.2) is 36.4 Å². The molecule has 140 valence electrons. The first-order valence-corrected chi connectivity index (χ1v) is 8.81. The summed E-state index contributed by atoms with van der Waals surface area (Å²) in [6, 6.07) is 9.80. The fourth-order valence-electron chi connectivity index (χ4n) is 2.66. The number of anilines is 2. The molecule has 0 spiro atoms. The summed E-state index contributed by atoms with van der Waals surface area (Å²) in [6.45, 7) is 2.24. The maximum absolute atomic E-state index is 11.2. The summed E-state index contributed by atoms with van der Waals surface area (Å²) >= 11 is 12.4. The van der Waals surface area contributed by atoms with Crippen LogP contribution >= 0.6 is 23.2 Å². The van der Waals surface area contributed by atoms with E-state index in [4.69, 9.17) is 23.2 Å². The molecule has 0 aliphatic rings. The lowest BCUT2D eigenvalue weighted by atomic mass is 10.2. The maximum atomic E-state index is 11.2. The second kappa shape index (κ2) is 7.85. The van der Waals surface area contributed by atoms with Gasteiger partial charge in [-0.15, -0.1) is 0 Å². The lowest BCUT2D eigenvalue weighted by Crippen LogP contribution is -2.24. The molecule has 0 radical (unpaired) electrons. The highest BCUT2D eigenvalue weighted by Crippen LogP contribution is 2.33. The molecular weight excluding hydrogens is 391 g/mol. The summed E-state index contributed by atoms with van der Waals surface area (Å²) in [4.78, 5) is 26.9. The molecule has 7 nitrogen and oxygen atoms in total. The van der Waals surface area contributed by atoms with Crippen LogP contribution in [-0.4, -0.2) is 33.1 Å². The fourth-order valence-corrected chi connectivity index (χ4v) is 3.15. The van der Waals surface area contributed by atoms with Crippen LogP contribution in [0.25, 0.3) is 11.0 Å². The molecule has 9 heteroatoms. The molecule has 0 saturated carbocycles. The van der Waals surface area contributed by atoms with Gasteiger partial charge in [0.1, 0.15) is 0 Å². The topological polar surface area (TPSA) is 96.3 Å². The number of aromatic nitrogens is 2. The van der Waals surface area contributed by atoms with E-state index < -0.39 is 5.97 Å². The number of amides is 1. The molecule has 3 rings (SSSR count). The summed E-state index contributed by atoms with van der Waals surface area (Å²) in [7, 11) is 0. The highest BCUT2D eigenvalue weighted by molar-refractivity contribution is 6.39. The molecule has 1 aromatic heterocycles. The van der Waals surface area contributed by atoms with E-state index in [0.717, 1.165) is 5.52 Å². The van der Waals surface area contributed by atoms with Crippen LogP contribution in [0, 0.1) is 0 Å². The van der Waals surface area contributed by atoms with Crippen molar-refractivity contribution in [3.8, 4) is 0 Å². The summed E-state index contributed by atoms with van der Waals surface area (Å²) < 4.78 is 1.83. The summed E-state index contributed by atoms with van der Waals surface area (Å²) in [5.74, 6) is -0.738. The predicted molar refractivity (Wildman–Crippen MR) is 105 cm³/mol. The number of hydrogen-bond donors (Lipinski definition) is 3. The van der Waals surface area contributed by atoms with Crippen molar-refractivity contribution >= 4 is 57.7 Å². The van der Waals surface area contributed by atoms with Crippen molar-refractivity contribution in [3.05, 3.63) is 52.0 Å². The molecular formula is C18H16Cl2N4O3. The van der Waals surface area contributed by atoms with Gasteiger partial charge in [-0.1, -0.05) is 29.3 Å². The Labute approximate surface area is 164 Å². The number of carbonyl (C=O) groups excluding carboxylic acids is 1. The number of benzene rings is 2. The molecule has 0 fully saturated rings. The van der Waals surface area contributed by atoms with Crippen molar-refractivity contribution < 1.29 is 14.7 Å². The van der Waals surface area contributed by atoms with Gasteiger partial charge in [0.25, 0.3) is 0 Å². The van der Waals surface area contributed by atoms with Crippen LogP contribution in [0.5, 0.6) is 0 Å². The number of rotatable bonds is 6. The Bertz CT molecular complexity index is 1010. The predicted octanol–water partition coefficient (Wildman–Crippen LogP) is 3.92. The molecule has 1 heterocycles. The first-order valence-electron chi connectivity index (χ1n) is 8.06. The minimum absolute atomic E-state index is 0.135. The first-order chi connectivity index (χ1) is 12.9. The number of imidazole rings is 1. The van der Waals surface area contributed by atoms with Gasteiger partial charge in [0.05, 0.1) is 32.3 Å². The van der Waals surface area contributed by atoms with Gasteiger partial charge >= 0.3 is 5.97 Å². The summed E-state index contributed by atoms with van der Waals surface area (Å²) in [6.07, 6.45) is 0. The van der Waals surface area contributed by atoms with E-state index in [1.807, 2.05) is 4.57 Å². The zero-order valence-electron chi connectivity index (χ0n) is 14.3. The Morgan fingerprint density at radius 3 is 2.52 bits per heavy atom. The minimum atomic E-state index is -1.03. The third-order valence-corrected chi connectivity index (χ3v) is 4.53. The molecule has 2 aromatic carbocycles. The van der Waals surface area contributed by atoms with Crippen LogP contribution < -0.4 is 10.6 Å². The van der Waals surface area contributed by atoms with E-state index in [1.165, 1.54) is 19.1 Å². The van der Waals surface area contributed by atoms with Gasteiger partial charge in [-0.3, -0.25) is 4.79 Å². The molecule has 0 aliphatic carbocycles. The number of para-hydroxylation sites is 1. The standard InChI is InChI=1S/C18H16Cl2N4O3/c1-10(25)21-7-8-24-15-6-5-11(17(26)27)9-14(15)22-18(24)23-16-12(19)3-2-4-13(16)20/h2-6,9H,7-8H2,1H3,(H,21,25)(H,22,23)(H,26,27). The molecule has 0 saturated heterocycles. The number of carboxylic acid groups (broad SMARTS) is 1. The van der Waals surface area contributed by atoms with Crippen LogP contribution in [-0.2, 0) is 11.3 Å². The zero-order chi connectivity index (χ0) is 19.6. The monoisotopic (exact) mass is 406 g/mol. The Morgan fingerprint density at radius 2 is 1.89 bits per heavy atom. The van der Waals surface area contributed by atoms with Gasteiger partial charge in [0.2, 0.25) is 11.9 Å². The van der Waals surface area contributed by atoms with Crippen LogP contribution in [0.2, 0.25) is 10.0 Å². The van der Waals surface area contributed by atoms with Crippen molar-refractivity contribution in [2.24, 2.45) is 0 Å². The Balaban J connectivity index is 2.05. The summed E-state index contributed by atoms with van der Waals surface area (Å²) in [5, 5.41) is 15.9. The second-order valence-corrected chi connectivity index (χ2v) is 6.61. The molecule has 3 aromatic rings. The van der Waals surface area contributed by atoms with Crippen LogP contribution in [0.1, 0.15) is 17.3 Å². The van der Waals surface area contributed by atoms with Gasteiger partial charge in [-0.2, -0.15) is 0 Å². The largest absolute Gasteiger partial charge is 0.478 e. The van der Waals surface area contributed by atoms with Gasteiger partial charge < -0.3 is 20.3 Å². The van der Waals surface area contributed by atoms with Gasteiger partial charge in [0.15, 0.2) is 0 Å². The van der Waals surface area contributed by atoms with Gasteiger partial charge in [-0.25, -0.2) is 9.78 Å². The number of aromatic carboxylic acids is 1. The number of hydrogen-bond acceptors (Lipinski definition) is 4. The van der Waals surface area contributed by atoms with E-state index in [1.54, 1.807) is 24.3 Å². The number of carbonyl (C=O) groups is 2. The number of carboxylic acids is 1. The zero-order valence-corrected chi connectivity index (χ0v) is 15.8. The van der Waals surface area contributed by atoms with Crippen molar-refractivity contribution in [1.29, 1.82) is 0 Å². The van der Waals surface area contributed by atoms with E-state index in [-0.39, 0.29) is 11.5 Å². The quantitative estimate of drug-likeness (QED) is 0.576. The van der Waals surface area contributed by atoms with Crippen molar-refractivity contribution in [1.82, 2.24) is 14.9 Å². The van der Waals surface area contributed by atoms with Gasteiger partial charge in [-0.05, 0) is 30.3 Å². The smallest absolute Gasteiger partial charge is 0.335 e. The Morgan fingerprint density at radius 1 is 1.19 bits per heavy atom. The van der Waals surface area contributed by atoms with Crippen molar-refractivity contribution in [3.63, 3.8) is 0 Å². The molecule has 0 atom stereocenters. The molecule has 27 heavy (non-hydrogen) atoms. The van der Waals surface area contributed by atoms with E-state index in [2.05, 4.69) is 15.6 Å². The van der Waals surface area contributed by atoms with Gasteiger partial charge in [0, 0.05) is 20.0 Å². The lowest BCUT2D eigenvalue weighted by Gasteiger charge is -2.13. The highest BCUT2D eigenvalue weighted by atomic mass is 35.5. The number of fused-ring (bicyclic) bond motifs is 1. The number of halogens is 2. The highest BCUT2D eigenvalue weighted by Gasteiger charge is 2.15. The summed E-state index contributed by atoms with van der Waals surface area (Å²) in [5.41, 5.74) is 1.85. The van der Waals surface area contributed by atoms with Crippen molar-refractivity contribution in [2.75, 3.05) is 11.9 Å². The van der Waals surface area contributed by atoms with E-state index >= 15 is 0 Å². The molecule has 0 unspecified atom stereocenters. The van der Waals surface area contributed by atoms with E-state index in [0.29, 0.717) is 40.3 Å². The maximum Gasteiger partial charge on any atom is 0.335 e. The average molecular weight is 407 g/mol. The second-order valence-electron chi connectivity index (χ2n) is 5.80. The lowest BCUT2D eigenvalue weighted by molar-refractivity contribution is -0.118. The average Bonchev–Trinajstić information content (AvgIpc) is 2.94. The molecule has 0 bridgehead atoms. The van der Waals surface area contributed by atoms with Crippen LogP contribution in [0.3, 0.4) is 0 Å². The first kappa shape index (κ1) is 19.0. The SMILES string of the molecule is CC(=O)NCCn1c(Nc2c(Cl)cccc2Cl)nc2cc(C(=O)O)ccc21. The molecule has 3 N–H and O–H groups in total. The molecule has 1 amide bonds. The van der Waals surface area contributed by atoms with E-state index in [9.17, 15) is 14.7 Å². The minimum Gasteiger partial charge on any atom is -0.478 e. The fraction of sp³-hybridized carbons (Fsp3) is 0.167. The Hall–Kier alpha value is -2.77. The third-order valence-electron chi connectivity index (χ3n) is 3.90. The normalized spacial score (nSPS) is 10.8. The Kier molecular flexibility index (Phi) is 5.53. The third kappa shape index (κ3) is 4.15. The number of nitrogens with zero attached hydrogens (tertiary/aromatic N) is 2. The van der Waals surface area contributed by atoms with Crippen LogP contribution in [0.4, 0.5) is 11.6 Å². The number of nitrogens with one attached hydrogen (secondary N) is 2. The van der Waals surface area contributed by atoms with Crippen molar-refractivity contribution in [2.45, 2.75) is 13.5 Å². The molecule has 0 aliphatic heterocycles.